The lowest BCUT2D eigenvalue weighted by molar-refractivity contribution is 0.374. The first-order valence-electron chi connectivity index (χ1n) is 6.49. The largest absolute Gasteiger partial charge is 0.381 e. The van der Waals surface area contributed by atoms with Crippen LogP contribution in [0.5, 0.6) is 0 Å². The van der Waals surface area contributed by atoms with Gasteiger partial charge in [-0.15, -0.1) is 0 Å². The molecule has 1 aliphatic rings. The van der Waals surface area contributed by atoms with Gasteiger partial charge in [0.15, 0.2) is 0 Å². The van der Waals surface area contributed by atoms with Crippen molar-refractivity contribution in [1.29, 1.82) is 0 Å². The van der Waals surface area contributed by atoms with Crippen LogP contribution in [-0.2, 0) is 0 Å². The lowest BCUT2D eigenvalue weighted by Gasteiger charge is -2.37. The fraction of sp³-hybridized carbons (Fsp3) is 0.250. The molecule has 3 heteroatoms. The van der Waals surface area contributed by atoms with Gasteiger partial charge in [-0.3, -0.25) is 0 Å². The predicted molar refractivity (Wildman–Crippen MR) is 77.2 cm³/mol. The lowest BCUT2D eigenvalue weighted by atomic mass is 9.76. The molecule has 1 fully saturated rings. The molecule has 1 aliphatic carbocycles. The normalized spacial score (nSPS) is 21.8. The van der Waals surface area contributed by atoms with E-state index in [0.29, 0.717) is 17.0 Å². The molecule has 0 radical (unpaired) electrons. The van der Waals surface area contributed by atoms with E-state index in [-0.39, 0.29) is 5.82 Å². The molecular weight excluding hydrogens is 261 g/mol. The summed E-state index contributed by atoms with van der Waals surface area (Å²) in [6.45, 7) is 0. The van der Waals surface area contributed by atoms with E-state index in [4.69, 9.17) is 11.6 Å². The molecule has 0 aromatic heterocycles. The number of rotatable bonds is 3. The third-order valence-electron chi connectivity index (χ3n) is 3.70. The summed E-state index contributed by atoms with van der Waals surface area (Å²) < 4.78 is 13.0. The highest BCUT2D eigenvalue weighted by molar-refractivity contribution is 6.33. The van der Waals surface area contributed by atoms with E-state index < -0.39 is 0 Å². The molecule has 0 bridgehead atoms. The second-order valence-corrected chi connectivity index (χ2v) is 5.45. The minimum Gasteiger partial charge on any atom is -0.381 e. The van der Waals surface area contributed by atoms with E-state index in [1.165, 1.54) is 17.7 Å². The monoisotopic (exact) mass is 275 g/mol. The second kappa shape index (κ2) is 5.22. The number of anilines is 1. The van der Waals surface area contributed by atoms with Crippen LogP contribution in [0.3, 0.4) is 0 Å². The van der Waals surface area contributed by atoms with Gasteiger partial charge in [-0.1, -0.05) is 41.9 Å². The van der Waals surface area contributed by atoms with E-state index >= 15 is 0 Å². The van der Waals surface area contributed by atoms with Crippen LogP contribution in [0.15, 0.2) is 48.5 Å². The molecule has 1 saturated carbocycles. The maximum atomic E-state index is 13.0. The molecule has 3 rings (SSSR count). The van der Waals surface area contributed by atoms with Crippen LogP contribution in [0, 0.1) is 5.82 Å². The van der Waals surface area contributed by atoms with Crippen molar-refractivity contribution in [2.45, 2.75) is 24.8 Å². The van der Waals surface area contributed by atoms with Crippen molar-refractivity contribution < 1.29 is 4.39 Å². The molecule has 2 aromatic rings. The molecule has 0 spiro atoms. The molecule has 1 N–H and O–H groups in total. The van der Waals surface area contributed by atoms with Crippen molar-refractivity contribution in [3.05, 3.63) is 64.9 Å². The smallest absolute Gasteiger partial charge is 0.124 e. The van der Waals surface area contributed by atoms with E-state index in [1.54, 1.807) is 6.07 Å². The Labute approximate surface area is 117 Å². The first-order valence-corrected chi connectivity index (χ1v) is 6.86. The molecule has 0 heterocycles. The summed E-state index contributed by atoms with van der Waals surface area (Å²) >= 11 is 6.01. The van der Waals surface area contributed by atoms with Crippen LogP contribution in [-0.4, -0.2) is 6.04 Å². The van der Waals surface area contributed by atoms with Crippen LogP contribution in [0.25, 0.3) is 0 Å². The maximum Gasteiger partial charge on any atom is 0.124 e. The Kier molecular flexibility index (Phi) is 3.43. The van der Waals surface area contributed by atoms with Crippen molar-refractivity contribution in [3.8, 4) is 0 Å². The highest BCUT2D eigenvalue weighted by atomic mass is 35.5. The van der Waals surface area contributed by atoms with Gasteiger partial charge in [-0.05, 0) is 42.5 Å². The molecule has 98 valence electrons. The Hall–Kier alpha value is -1.54. The van der Waals surface area contributed by atoms with Gasteiger partial charge in [-0.2, -0.15) is 0 Å². The van der Waals surface area contributed by atoms with Gasteiger partial charge in [0.05, 0.1) is 10.7 Å². The number of hydrogen-bond acceptors (Lipinski definition) is 1. The minimum absolute atomic E-state index is 0.300. The van der Waals surface area contributed by atoms with Crippen LogP contribution in [0.4, 0.5) is 10.1 Å². The third-order valence-corrected chi connectivity index (χ3v) is 4.01. The molecule has 1 nitrogen and oxygen atoms in total. The number of benzene rings is 2. The summed E-state index contributed by atoms with van der Waals surface area (Å²) in [6, 6.07) is 15.4. The number of hydrogen-bond donors (Lipinski definition) is 1. The van der Waals surface area contributed by atoms with Gasteiger partial charge in [0, 0.05) is 6.04 Å². The summed E-state index contributed by atoms with van der Waals surface area (Å²) in [7, 11) is 0. The van der Waals surface area contributed by atoms with E-state index in [2.05, 4.69) is 29.6 Å². The zero-order chi connectivity index (χ0) is 13.2. The quantitative estimate of drug-likeness (QED) is 0.845. The fourth-order valence-corrected chi connectivity index (χ4v) is 2.78. The van der Waals surface area contributed by atoms with E-state index in [9.17, 15) is 4.39 Å². The minimum atomic E-state index is -0.300. The summed E-state index contributed by atoms with van der Waals surface area (Å²) in [4.78, 5) is 0. The van der Waals surface area contributed by atoms with Crippen molar-refractivity contribution >= 4 is 17.3 Å². The zero-order valence-electron chi connectivity index (χ0n) is 10.4. The molecule has 0 atom stereocenters. The maximum absolute atomic E-state index is 13.0. The zero-order valence-corrected chi connectivity index (χ0v) is 11.2. The summed E-state index contributed by atoms with van der Waals surface area (Å²) in [5.41, 5.74) is 2.21. The molecule has 19 heavy (non-hydrogen) atoms. The summed E-state index contributed by atoms with van der Waals surface area (Å²) in [5.74, 6) is 0.323. The van der Waals surface area contributed by atoms with Crippen LogP contribution in [0.1, 0.15) is 24.3 Å². The topological polar surface area (TPSA) is 12.0 Å². The standard InChI is InChI=1S/C16H15ClFN/c17-15-10-13(18)6-7-16(15)19-14-8-12(9-14)11-4-2-1-3-5-11/h1-7,10,12,14,19H,8-9H2. The molecule has 0 aliphatic heterocycles. The van der Waals surface area contributed by atoms with Crippen molar-refractivity contribution in [2.75, 3.05) is 5.32 Å². The Morgan fingerprint density at radius 3 is 2.47 bits per heavy atom. The first-order chi connectivity index (χ1) is 9.22. The SMILES string of the molecule is Fc1ccc(NC2CC(c3ccccc3)C2)c(Cl)c1. The summed E-state index contributed by atoms with van der Waals surface area (Å²) in [6.07, 6.45) is 2.19. The van der Waals surface area contributed by atoms with Gasteiger partial charge in [-0.25, -0.2) is 4.39 Å². The van der Waals surface area contributed by atoms with Crippen LogP contribution in [0.2, 0.25) is 5.02 Å². The Bertz CT molecular complexity index is 564. The van der Waals surface area contributed by atoms with E-state index in [0.717, 1.165) is 18.5 Å². The first kappa shape index (κ1) is 12.5. The molecular formula is C16H15ClFN. The predicted octanol–water partition coefficient (Wildman–Crippen LogP) is 4.84. The van der Waals surface area contributed by atoms with Gasteiger partial charge in [0.25, 0.3) is 0 Å². The van der Waals surface area contributed by atoms with Gasteiger partial charge < -0.3 is 5.32 Å². The highest BCUT2D eigenvalue weighted by Crippen LogP contribution is 2.39. The lowest BCUT2D eigenvalue weighted by Crippen LogP contribution is -2.34. The van der Waals surface area contributed by atoms with Gasteiger partial charge in [0.1, 0.15) is 5.82 Å². The second-order valence-electron chi connectivity index (χ2n) is 5.04. The number of halogens is 2. The molecule has 0 amide bonds. The van der Waals surface area contributed by atoms with Crippen molar-refractivity contribution in [3.63, 3.8) is 0 Å². The van der Waals surface area contributed by atoms with Gasteiger partial charge in [0.2, 0.25) is 0 Å². The third kappa shape index (κ3) is 2.74. The Balaban J connectivity index is 1.60. The van der Waals surface area contributed by atoms with E-state index in [1.807, 2.05) is 6.07 Å². The molecule has 0 saturated heterocycles. The Morgan fingerprint density at radius 2 is 1.79 bits per heavy atom. The fourth-order valence-electron chi connectivity index (χ4n) is 2.56. The van der Waals surface area contributed by atoms with Gasteiger partial charge >= 0.3 is 0 Å². The molecule has 0 unspecified atom stereocenters. The van der Waals surface area contributed by atoms with Crippen molar-refractivity contribution in [1.82, 2.24) is 0 Å². The average molecular weight is 276 g/mol. The van der Waals surface area contributed by atoms with Crippen LogP contribution >= 0.6 is 11.6 Å². The van der Waals surface area contributed by atoms with Crippen LogP contribution < -0.4 is 5.32 Å². The Morgan fingerprint density at radius 1 is 1.05 bits per heavy atom. The summed E-state index contributed by atoms with van der Waals surface area (Å²) in [5, 5.41) is 3.82. The number of nitrogens with one attached hydrogen (secondary N) is 1. The average Bonchev–Trinajstić information content (AvgIpc) is 2.36. The van der Waals surface area contributed by atoms with Crippen molar-refractivity contribution in [2.24, 2.45) is 0 Å². The molecule has 2 aromatic carbocycles. The highest BCUT2D eigenvalue weighted by Gasteiger charge is 2.30.